The molecule has 1 aromatic carbocycles. The van der Waals surface area contributed by atoms with E-state index in [2.05, 4.69) is 48.1 Å². The molecule has 130 valence electrons. The zero-order valence-electron chi connectivity index (χ0n) is 14.6. The van der Waals surface area contributed by atoms with E-state index in [0.29, 0.717) is 22.0 Å². The molecule has 0 aliphatic heterocycles. The molecule has 0 fully saturated rings. The fraction of sp³-hybridized carbons (Fsp3) is 0.400. The molecule has 25 heavy (non-hydrogen) atoms. The van der Waals surface area contributed by atoms with Crippen molar-refractivity contribution in [3.05, 3.63) is 50.3 Å². The Labute approximate surface area is 161 Å². The van der Waals surface area contributed by atoms with Crippen molar-refractivity contribution >= 4 is 38.2 Å². The lowest BCUT2D eigenvalue weighted by atomic mass is 9.72. The molecule has 5 heteroatoms. The van der Waals surface area contributed by atoms with Gasteiger partial charge >= 0.3 is 0 Å². The Hall–Kier alpha value is -1.64. The van der Waals surface area contributed by atoms with Gasteiger partial charge < -0.3 is 5.32 Å². The van der Waals surface area contributed by atoms with Crippen molar-refractivity contribution in [1.82, 2.24) is 0 Å². The molecule has 3 nitrogen and oxygen atoms in total. The van der Waals surface area contributed by atoms with Crippen molar-refractivity contribution in [2.45, 2.75) is 40.0 Å². The SMILES string of the molecule is CC(C)(C)[C@@H]1CCc2c(sc(NC(=O)c3ccccc3Br)c2C#N)C1. The van der Waals surface area contributed by atoms with Gasteiger partial charge in [0.25, 0.3) is 5.91 Å². The molecule has 0 spiro atoms. The van der Waals surface area contributed by atoms with Crippen LogP contribution in [0.4, 0.5) is 5.00 Å². The number of hydrogen-bond donors (Lipinski definition) is 1. The van der Waals surface area contributed by atoms with Crippen LogP contribution in [0.5, 0.6) is 0 Å². The number of benzene rings is 1. The normalized spacial score (nSPS) is 16.8. The van der Waals surface area contributed by atoms with E-state index >= 15 is 0 Å². The smallest absolute Gasteiger partial charge is 0.257 e. The Morgan fingerprint density at radius 3 is 2.72 bits per heavy atom. The first-order valence-corrected chi connectivity index (χ1v) is 10.0. The molecule has 0 radical (unpaired) electrons. The van der Waals surface area contributed by atoms with Crippen LogP contribution >= 0.6 is 27.3 Å². The summed E-state index contributed by atoms with van der Waals surface area (Å²) in [5.41, 5.74) is 2.61. The van der Waals surface area contributed by atoms with Crippen LogP contribution in [0.3, 0.4) is 0 Å². The maximum Gasteiger partial charge on any atom is 0.257 e. The number of carbonyl (C=O) groups is 1. The van der Waals surface area contributed by atoms with E-state index < -0.39 is 0 Å². The van der Waals surface area contributed by atoms with Crippen LogP contribution in [0.1, 0.15) is 53.6 Å². The van der Waals surface area contributed by atoms with Gasteiger partial charge in [-0.1, -0.05) is 32.9 Å². The second-order valence-electron chi connectivity index (χ2n) is 7.56. The zero-order valence-corrected chi connectivity index (χ0v) is 17.1. The molecule has 0 unspecified atom stereocenters. The summed E-state index contributed by atoms with van der Waals surface area (Å²) in [6.45, 7) is 6.82. The van der Waals surface area contributed by atoms with E-state index in [1.54, 1.807) is 17.4 Å². The van der Waals surface area contributed by atoms with Crippen LogP contribution in [-0.2, 0) is 12.8 Å². The summed E-state index contributed by atoms with van der Waals surface area (Å²) in [7, 11) is 0. The first-order valence-electron chi connectivity index (χ1n) is 8.41. The number of halogens is 1. The molecule has 1 N–H and O–H groups in total. The second-order valence-corrected chi connectivity index (χ2v) is 9.52. The highest BCUT2D eigenvalue weighted by Crippen LogP contribution is 2.44. The summed E-state index contributed by atoms with van der Waals surface area (Å²) < 4.78 is 0.750. The predicted molar refractivity (Wildman–Crippen MR) is 106 cm³/mol. The lowest BCUT2D eigenvalue weighted by Gasteiger charge is -2.33. The molecule has 0 saturated heterocycles. The van der Waals surface area contributed by atoms with Crippen LogP contribution in [0.2, 0.25) is 0 Å². The van der Waals surface area contributed by atoms with Gasteiger partial charge in [0.1, 0.15) is 11.1 Å². The fourth-order valence-corrected chi connectivity index (χ4v) is 5.08. The van der Waals surface area contributed by atoms with E-state index in [0.717, 1.165) is 29.3 Å². The number of hydrogen-bond acceptors (Lipinski definition) is 3. The molecule has 1 atom stereocenters. The average molecular weight is 417 g/mol. The van der Waals surface area contributed by atoms with E-state index in [1.807, 2.05) is 18.2 Å². The van der Waals surface area contributed by atoms with Gasteiger partial charge in [0.2, 0.25) is 0 Å². The van der Waals surface area contributed by atoms with E-state index in [9.17, 15) is 10.1 Å². The Bertz CT molecular complexity index is 858. The van der Waals surface area contributed by atoms with Crippen molar-refractivity contribution in [2.75, 3.05) is 5.32 Å². The van der Waals surface area contributed by atoms with Gasteiger partial charge in [-0.15, -0.1) is 11.3 Å². The topological polar surface area (TPSA) is 52.9 Å². The molecular weight excluding hydrogens is 396 g/mol. The Morgan fingerprint density at radius 2 is 2.08 bits per heavy atom. The van der Waals surface area contributed by atoms with Crippen molar-refractivity contribution in [2.24, 2.45) is 11.3 Å². The number of nitrogens with one attached hydrogen (secondary N) is 1. The van der Waals surface area contributed by atoms with Crippen LogP contribution in [0.15, 0.2) is 28.7 Å². The van der Waals surface area contributed by atoms with Gasteiger partial charge in [-0.2, -0.15) is 5.26 Å². The minimum absolute atomic E-state index is 0.185. The van der Waals surface area contributed by atoms with E-state index in [-0.39, 0.29) is 11.3 Å². The maximum absolute atomic E-state index is 12.6. The van der Waals surface area contributed by atoms with Crippen molar-refractivity contribution < 1.29 is 4.79 Å². The van der Waals surface area contributed by atoms with Gasteiger partial charge in [-0.25, -0.2) is 0 Å². The number of nitriles is 1. The lowest BCUT2D eigenvalue weighted by Crippen LogP contribution is -2.26. The molecule has 0 saturated carbocycles. The number of rotatable bonds is 2. The summed E-state index contributed by atoms with van der Waals surface area (Å²) in [6, 6.07) is 9.63. The standard InChI is InChI=1S/C20H21BrN2OS/c1-20(2,3)12-8-9-13-15(11-22)19(25-17(13)10-12)23-18(24)14-6-4-5-7-16(14)21/h4-7,12H,8-10H2,1-3H3,(H,23,24)/t12-/m1/s1. The highest BCUT2D eigenvalue weighted by Gasteiger charge is 2.32. The Balaban J connectivity index is 1.89. The fourth-order valence-electron chi connectivity index (χ4n) is 3.35. The monoisotopic (exact) mass is 416 g/mol. The second kappa shape index (κ2) is 6.93. The van der Waals surface area contributed by atoms with Crippen molar-refractivity contribution in [3.8, 4) is 6.07 Å². The van der Waals surface area contributed by atoms with Crippen molar-refractivity contribution in [3.63, 3.8) is 0 Å². The number of carbonyl (C=O) groups excluding carboxylic acids is 1. The largest absolute Gasteiger partial charge is 0.312 e. The molecule has 3 rings (SSSR count). The maximum atomic E-state index is 12.6. The van der Waals surface area contributed by atoms with Gasteiger partial charge in [-0.3, -0.25) is 4.79 Å². The highest BCUT2D eigenvalue weighted by molar-refractivity contribution is 9.10. The van der Waals surface area contributed by atoms with Gasteiger partial charge in [0.05, 0.1) is 11.1 Å². The molecule has 1 aliphatic rings. The van der Waals surface area contributed by atoms with Crippen LogP contribution in [0, 0.1) is 22.7 Å². The van der Waals surface area contributed by atoms with Crippen LogP contribution < -0.4 is 5.32 Å². The zero-order chi connectivity index (χ0) is 18.2. The first-order chi connectivity index (χ1) is 11.8. The molecule has 2 aromatic rings. The summed E-state index contributed by atoms with van der Waals surface area (Å²) in [6.07, 6.45) is 3.00. The van der Waals surface area contributed by atoms with E-state index in [4.69, 9.17) is 0 Å². The number of nitrogens with zero attached hydrogens (tertiary/aromatic N) is 1. The third kappa shape index (κ3) is 3.65. The minimum Gasteiger partial charge on any atom is -0.312 e. The molecule has 1 amide bonds. The van der Waals surface area contributed by atoms with E-state index in [1.165, 1.54) is 4.88 Å². The third-order valence-corrected chi connectivity index (χ3v) is 6.81. The molecular formula is C20H21BrN2OS. The van der Waals surface area contributed by atoms with Crippen molar-refractivity contribution in [1.29, 1.82) is 5.26 Å². The molecule has 1 aromatic heterocycles. The first kappa shape index (κ1) is 18.2. The number of fused-ring (bicyclic) bond motifs is 1. The summed E-state index contributed by atoms with van der Waals surface area (Å²) >= 11 is 4.98. The lowest BCUT2D eigenvalue weighted by molar-refractivity contribution is 0.102. The Morgan fingerprint density at radius 1 is 1.36 bits per heavy atom. The molecule has 0 bridgehead atoms. The molecule has 1 heterocycles. The summed E-state index contributed by atoms with van der Waals surface area (Å²) in [4.78, 5) is 13.9. The Kier molecular flexibility index (Phi) is 5.04. The number of amides is 1. The quantitative estimate of drug-likeness (QED) is 0.673. The summed E-state index contributed by atoms with van der Waals surface area (Å²) in [5.74, 6) is 0.423. The minimum atomic E-state index is -0.185. The highest BCUT2D eigenvalue weighted by atomic mass is 79.9. The number of anilines is 1. The van der Waals surface area contributed by atoms with Gasteiger partial charge in [-0.05, 0) is 64.2 Å². The van der Waals surface area contributed by atoms with Gasteiger partial charge in [0.15, 0.2) is 0 Å². The third-order valence-electron chi connectivity index (χ3n) is 4.95. The molecule has 1 aliphatic carbocycles. The number of thiophene rings is 1. The van der Waals surface area contributed by atoms with Crippen LogP contribution in [-0.4, -0.2) is 5.91 Å². The average Bonchev–Trinajstić information content (AvgIpc) is 2.90. The van der Waals surface area contributed by atoms with Crippen LogP contribution in [0.25, 0.3) is 0 Å². The predicted octanol–water partition coefficient (Wildman–Crippen LogP) is 5.79. The van der Waals surface area contributed by atoms with Gasteiger partial charge in [0, 0.05) is 9.35 Å². The summed E-state index contributed by atoms with van der Waals surface area (Å²) in [5, 5.41) is 13.3.